The number of aromatic nitrogens is 3. The van der Waals surface area contributed by atoms with Crippen LogP contribution in [0.4, 0.5) is 5.82 Å². The van der Waals surface area contributed by atoms with E-state index in [9.17, 15) is 10.4 Å². The minimum Gasteiger partial charge on any atom is -0.508 e. The Balaban J connectivity index is 0.000000701. The van der Waals surface area contributed by atoms with Gasteiger partial charge < -0.3 is 15.9 Å². The SMILES string of the molecule is Cn1cc(-c2cc(-c3cccc(O)c3)c(C#N)c(N)n2)cn1.O=CO. The summed E-state index contributed by atoms with van der Waals surface area (Å²) >= 11 is 0. The topological polar surface area (TPSA) is 138 Å². The van der Waals surface area contributed by atoms with E-state index in [1.165, 1.54) is 0 Å². The number of carbonyl (C=O) groups is 1. The zero-order valence-electron chi connectivity index (χ0n) is 13.3. The van der Waals surface area contributed by atoms with E-state index in [0.29, 0.717) is 22.4 Å². The number of anilines is 1. The minimum atomic E-state index is -0.250. The van der Waals surface area contributed by atoms with Crippen LogP contribution in [-0.2, 0) is 11.8 Å². The summed E-state index contributed by atoms with van der Waals surface area (Å²) < 4.78 is 1.67. The predicted molar refractivity (Wildman–Crippen MR) is 91.4 cm³/mol. The van der Waals surface area contributed by atoms with Gasteiger partial charge in [-0.05, 0) is 23.8 Å². The van der Waals surface area contributed by atoms with Gasteiger partial charge in [0.25, 0.3) is 6.47 Å². The molecule has 0 spiro atoms. The molecule has 0 unspecified atom stereocenters. The average Bonchev–Trinajstić information content (AvgIpc) is 3.01. The Morgan fingerprint density at radius 1 is 1.32 bits per heavy atom. The molecule has 3 aromatic rings. The van der Waals surface area contributed by atoms with Crippen LogP contribution in [0.2, 0.25) is 0 Å². The van der Waals surface area contributed by atoms with Crippen LogP contribution in [0.3, 0.4) is 0 Å². The van der Waals surface area contributed by atoms with Crippen molar-refractivity contribution in [3.05, 3.63) is 48.3 Å². The summed E-state index contributed by atoms with van der Waals surface area (Å²) in [6, 6.07) is 10.5. The molecule has 3 rings (SSSR count). The molecule has 0 radical (unpaired) electrons. The molecule has 2 aromatic heterocycles. The molecule has 8 heteroatoms. The van der Waals surface area contributed by atoms with Crippen LogP contribution in [-0.4, -0.2) is 31.4 Å². The summed E-state index contributed by atoms with van der Waals surface area (Å²) in [5.41, 5.74) is 8.99. The van der Waals surface area contributed by atoms with Crippen LogP contribution >= 0.6 is 0 Å². The number of aromatic hydroxyl groups is 1. The highest BCUT2D eigenvalue weighted by molar-refractivity contribution is 5.80. The lowest BCUT2D eigenvalue weighted by Crippen LogP contribution is -1.99. The van der Waals surface area contributed by atoms with Gasteiger partial charge in [-0.3, -0.25) is 9.48 Å². The number of aryl methyl sites for hydroxylation is 1. The maximum Gasteiger partial charge on any atom is 0.290 e. The number of pyridine rings is 1. The van der Waals surface area contributed by atoms with Gasteiger partial charge in [-0.25, -0.2) is 4.98 Å². The fourth-order valence-electron chi connectivity index (χ4n) is 2.28. The number of benzene rings is 1. The van der Waals surface area contributed by atoms with E-state index >= 15 is 0 Å². The molecule has 0 aliphatic rings. The van der Waals surface area contributed by atoms with Gasteiger partial charge in [0.05, 0.1) is 11.9 Å². The second-order valence-corrected chi connectivity index (χ2v) is 4.99. The molecule has 0 amide bonds. The summed E-state index contributed by atoms with van der Waals surface area (Å²) in [4.78, 5) is 12.6. The van der Waals surface area contributed by atoms with Crippen molar-refractivity contribution in [2.24, 2.45) is 7.05 Å². The van der Waals surface area contributed by atoms with Crippen LogP contribution in [0.25, 0.3) is 22.4 Å². The van der Waals surface area contributed by atoms with E-state index in [4.69, 9.17) is 15.6 Å². The molecule has 2 heterocycles. The number of nitriles is 1. The molecule has 0 aliphatic heterocycles. The molecule has 0 atom stereocenters. The number of hydrogen-bond donors (Lipinski definition) is 3. The summed E-state index contributed by atoms with van der Waals surface area (Å²) in [5, 5.41) is 30.0. The standard InChI is InChI=1S/C16H13N5O.CH2O2/c1-21-9-11(8-19-21)15-6-13(14(7-17)16(18)20-15)10-3-2-4-12(22)5-10;2-1-3/h2-6,8-9,22H,1H3,(H2,18,20);1H,(H,2,3). The Bertz CT molecular complexity index is 944. The first-order chi connectivity index (χ1) is 12.0. The maximum absolute atomic E-state index is 9.65. The highest BCUT2D eigenvalue weighted by atomic mass is 16.3. The number of nitrogens with zero attached hydrogens (tertiary/aromatic N) is 4. The number of nitrogens with two attached hydrogens (primary N) is 1. The van der Waals surface area contributed by atoms with Gasteiger partial charge in [0, 0.05) is 24.4 Å². The van der Waals surface area contributed by atoms with Crippen LogP contribution in [0.1, 0.15) is 5.56 Å². The quantitative estimate of drug-likeness (QED) is 0.608. The Labute approximate surface area is 143 Å². The summed E-state index contributed by atoms with van der Waals surface area (Å²) in [6.07, 6.45) is 3.50. The molecule has 8 nitrogen and oxygen atoms in total. The lowest BCUT2D eigenvalue weighted by atomic mass is 9.99. The second kappa shape index (κ2) is 7.61. The van der Waals surface area contributed by atoms with Crippen LogP contribution in [0.15, 0.2) is 42.7 Å². The largest absolute Gasteiger partial charge is 0.508 e. The Hall–Kier alpha value is -3.86. The minimum absolute atomic E-state index is 0.125. The Kier molecular flexibility index (Phi) is 5.32. The first-order valence-electron chi connectivity index (χ1n) is 7.07. The van der Waals surface area contributed by atoms with Crippen LogP contribution in [0, 0.1) is 11.3 Å². The molecule has 126 valence electrons. The molecule has 0 saturated heterocycles. The van der Waals surface area contributed by atoms with Gasteiger partial charge in [-0.1, -0.05) is 12.1 Å². The van der Waals surface area contributed by atoms with Gasteiger partial charge >= 0.3 is 0 Å². The lowest BCUT2D eigenvalue weighted by Gasteiger charge is -2.09. The fraction of sp³-hybridized carbons (Fsp3) is 0.0588. The van der Waals surface area contributed by atoms with E-state index in [-0.39, 0.29) is 18.0 Å². The molecule has 0 saturated carbocycles. The maximum atomic E-state index is 9.65. The smallest absolute Gasteiger partial charge is 0.290 e. The third kappa shape index (κ3) is 3.92. The van der Waals surface area contributed by atoms with Crippen molar-refractivity contribution in [3.8, 4) is 34.2 Å². The lowest BCUT2D eigenvalue weighted by molar-refractivity contribution is -0.122. The molecule has 25 heavy (non-hydrogen) atoms. The summed E-state index contributed by atoms with van der Waals surface area (Å²) in [5.74, 6) is 0.280. The number of phenols is 1. The van der Waals surface area contributed by atoms with Crippen molar-refractivity contribution in [1.29, 1.82) is 5.26 Å². The average molecular weight is 337 g/mol. The Morgan fingerprint density at radius 3 is 2.60 bits per heavy atom. The normalized spacial score (nSPS) is 9.60. The summed E-state index contributed by atoms with van der Waals surface area (Å²) in [7, 11) is 1.81. The van der Waals surface area contributed by atoms with Crippen LogP contribution in [0.5, 0.6) is 5.75 Å². The van der Waals surface area contributed by atoms with Crippen molar-refractivity contribution in [1.82, 2.24) is 14.8 Å². The van der Waals surface area contributed by atoms with Gasteiger partial charge in [-0.15, -0.1) is 0 Å². The number of rotatable bonds is 2. The number of hydrogen-bond acceptors (Lipinski definition) is 6. The van der Waals surface area contributed by atoms with Crippen molar-refractivity contribution >= 4 is 12.3 Å². The second-order valence-electron chi connectivity index (χ2n) is 4.99. The van der Waals surface area contributed by atoms with E-state index < -0.39 is 0 Å². The molecule has 1 aromatic carbocycles. The van der Waals surface area contributed by atoms with E-state index in [1.54, 1.807) is 35.1 Å². The van der Waals surface area contributed by atoms with E-state index in [0.717, 1.165) is 5.56 Å². The number of carboxylic acid groups (broad SMARTS) is 1. The first kappa shape index (κ1) is 17.5. The fourth-order valence-corrected chi connectivity index (χ4v) is 2.28. The van der Waals surface area contributed by atoms with Gasteiger partial charge in [-0.2, -0.15) is 10.4 Å². The third-order valence-electron chi connectivity index (χ3n) is 3.32. The van der Waals surface area contributed by atoms with Crippen LogP contribution < -0.4 is 5.73 Å². The molecule has 0 fully saturated rings. The molecule has 4 N–H and O–H groups in total. The van der Waals surface area contributed by atoms with Crippen molar-refractivity contribution in [2.45, 2.75) is 0 Å². The van der Waals surface area contributed by atoms with Gasteiger partial charge in [0.1, 0.15) is 23.2 Å². The van der Waals surface area contributed by atoms with Gasteiger partial charge in [0.2, 0.25) is 0 Å². The Morgan fingerprint density at radius 2 is 2.04 bits per heavy atom. The third-order valence-corrected chi connectivity index (χ3v) is 3.32. The number of nitrogen functional groups attached to an aromatic ring is 1. The van der Waals surface area contributed by atoms with E-state index in [2.05, 4.69) is 16.2 Å². The predicted octanol–water partition coefficient (Wildman–Crippen LogP) is 2.01. The van der Waals surface area contributed by atoms with E-state index in [1.807, 2.05) is 19.3 Å². The molecular weight excluding hydrogens is 322 g/mol. The highest BCUT2D eigenvalue weighted by Gasteiger charge is 2.14. The van der Waals surface area contributed by atoms with Crippen molar-refractivity contribution < 1.29 is 15.0 Å². The van der Waals surface area contributed by atoms with Crippen molar-refractivity contribution in [3.63, 3.8) is 0 Å². The molecule has 0 bridgehead atoms. The zero-order chi connectivity index (χ0) is 18.4. The molecule has 0 aliphatic carbocycles. The molecular formula is C17H15N5O3. The zero-order valence-corrected chi connectivity index (χ0v) is 13.3. The highest BCUT2D eigenvalue weighted by Crippen LogP contribution is 2.32. The van der Waals surface area contributed by atoms with Gasteiger partial charge in [0.15, 0.2) is 0 Å². The summed E-state index contributed by atoms with van der Waals surface area (Å²) in [6.45, 7) is -0.250. The number of phenolic OH excluding ortho intramolecular Hbond substituents is 1. The monoisotopic (exact) mass is 337 g/mol. The first-order valence-corrected chi connectivity index (χ1v) is 7.07. The van der Waals surface area contributed by atoms with Crippen molar-refractivity contribution in [2.75, 3.05) is 5.73 Å².